The van der Waals surface area contributed by atoms with E-state index in [2.05, 4.69) is 9.82 Å². The van der Waals surface area contributed by atoms with Crippen molar-refractivity contribution < 1.29 is 32.3 Å². The van der Waals surface area contributed by atoms with E-state index in [1.165, 1.54) is 0 Å². The molecule has 2 aromatic carbocycles. The molecule has 38 heavy (non-hydrogen) atoms. The summed E-state index contributed by atoms with van der Waals surface area (Å²) < 4.78 is 43.1. The summed E-state index contributed by atoms with van der Waals surface area (Å²) in [4.78, 5) is 32.7. The third kappa shape index (κ3) is 7.40. The van der Waals surface area contributed by atoms with Crippen LogP contribution < -0.4 is 10.2 Å². The first kappa shape index (κ1) is 27.8. The highest BCUT2D eigenvalue weighted by molar-refractivity contribution is 7.99. The lowest BCUT2D eigenvalue weighted by molar-refractivity contribution is -0.207. The van der Waals surface area contributed by atoms with Crippen molar-refractivity contribution in [3.05, 3.63) is 65.9 Å². The average Bonchev–Trinajstić information content (AvgIpc) is 2.89. The lowest BCUT2D eigenvalue weighted by atomic mass is 9.73. The lowest BCUT2D eigenvalue weighted by Crippen LogP contribution is -2.38. The van der Waals surface area contributed by atoms with Gasteiger partial charge >= 0.3 is 12.1 Å². The first-order valence-electron chi connectivity index (χ1n) is 12.4. The van der Waals surface area contributed by atoms with Gasteiger partial charge in [0.15, 0.2) is 0 Å². The second-order valence-electron chi connectivity index (χ2n) is 9.64. The molecule has 3 aromatic rings. The Bertz CT molecular complexity index is 1280. The third-order valence-electron chi connectivity index (χ3n) is 6.63. The van der Waals surface area contributed by atoms with E-state index in [0.717, 1.165) is 64.9 Å². The number of nitrogens with zero attached hydrogens (tertiary/aromatic N) is 1. The Hall–Kier alpha value is -3.27. The third-order valence-corrected chi connectivity index (χ3v) is 7.99. The molecule has 202 valence electrons. The number of hydrogen-bond donors (Lipinski definition) is 1. The van der Waals surface area contributed by atoms with Crippen molar-refractivity contribution in [2.75, 3.05) is 5.75 Å². The molecule has 1 aliphatic carbocycles. The number of nitrogens with one attached hydrogen (secondary N) is 1. The maximum Gasteiger partial charge on any atom is 0.493 e. The van der Waals surface area contributed by atoms with Gasteiger partial charge < -0.3 is 9.57 Å². The molecule has 0 atom stereocenters. The van der Waals surface area contributed by atoms with E-state index in [4.69, 9.17) is 4.74 Å². The van der Waals surface area contributed by atoms with E-state index < -0.39 is 18.1 Å². The second-order valence-corrected chi connectivity index (χ2v) is 10.7. The van der Waals surface area contributed by atoms with Crippen molar-refractivity contribution in [1.82, 2.24) is 10.5 Å². The van der Waals surface area contributed by atoms with Gasteiger partial charge in [0.05, 0.1) is 5.52 Å². The van der Waals surface area contributed by atoms with Crippen LogP contribution in [0.4, 0.5) is 13.2 Å². The average molecular weight is 547 g/mol. The Morgan fingerprint density at radius 1 is 1.05 bits per heavy atom. The molecule has 1 N–H and O–H groups in total. The number of hydroxylamine groups is 1. The highest BCUT2D eigenvalue weighted by Crippen LogP contribution is 2.43. The smallest absolute Gasteiger partial charge is 0.489 e. The van der Waals surface area contributed by atoms with E-state index >= 15 is 0 Å². The van der Waals surface area contributed by atoms with Gasteiger partial charge in [0, 0.05) is 33.7 Å². The molecule has 0 radical (unpaired) electrons. The van der Waals surface area contributed by atoms with Crippen molar-refractivity contribution in [3.8, 4) is 5.75 Å². The van der Waals surface area contributed by atoms with Gasteiger partial charge in [0.25, 0.3) is 5.91 Å². The van der Waals surface area contributed by atoms with E-state index in [1.54, 1.807) is 17.2 Å². The number of amides is 1. The van der Waals surface area contributed by atoms with Crippen molar-refractivity contribution in [2.45, 2.75) is 63.1 Å². The Morgan fingerprint density at radius 3 is 2.47 bits per heavy atom. The van der Waals surface area contributed by atoms with E-state index in [1.807, 2.05) is 61.5 Å². The van der Waals surface area contributed by atoms with Gasteiger partial charge in [-0.15, -0.1) is 11.8 Å². The molecule has 1 aliphatic rings. The summed E-state index contributed by atoms with van der Waals surface area (Å²) in [7, 11) is 0. The van der Waals surface area contributed by atoms with Crippen LogP contribution in [0, 0.1) is 12.3 Å². The SMILES string of the molecule is Cc1cc(COc2ccc(SCC3(CC(=O)NOC(=O)C(F)(F)F)CCCCC3)cc2)c2ccccc2n1. The maximum absolute atomic E-state index is 12.3. The molecular formula is C28H29F3N2O4S. The predicted molar refractivity (Wildman–Crippen MR) is 138 cm³/mol. The Labute approximate surface area is 223 Å². The molecule has 4 rings (SSSR count). The van der Waals surface area contributed by atoms with Crippen LogP contribution in [-0.2, 0) is 21.0 Å². The number of halogens is 3. The van der Waals surface area contributed by atoms with Gasteiger partial charge in [0.2, 0.25) is 0 Å². The zero-order valence-electron chi connectivity index (χ0n) is 21.0. The second kappa shape index (κ2) is 12.1. The number of fused-ring (bicyclic) bond motifs is 1. The van der Waals surface area contributed by atoms with Gasteiger partial charge in [0.1, 0.15) is 12.4 Å². The van der Waals surface area contributed by atoms with Gasteiger partial charge in [-0.3, -0.25) is 9.78 Å². The molecule has 0 saturated heterocycles. The zero-order chi connectivity index (χ0) is 27.2. The first-order chi connectivity index (χ1) is 18.1. The van der Waals surface area contributed by atoms with Gasteiger partial charge in [-0.25, -0.2) is 4.79 Å². The first-order valence-corrected chi connectivity index (χ1v) is 13.4. The van der Waals surface area contributed by atoms with Crippen LogP contribution in [0.15, 0.2) is 59.5 Å². The van der Waals surface area contributed by atoms with Crippen LogP contribution in [0.2, 0.25) is 0 Å². The number of carbonyl (C=O) groups is 2. The quantitative estimate of drug-likeness (QED) is 0.251. The van der Waals surface area contributed by atoms with Crippen LogP contribution in [0.1, 0.15) is 49.8 Å². The number of ether oxygens (including phenoxy) is 1. The number of aryl methyl sites for hydroxylation is 1. The fourth-order valence-corrected chi connectivity index (χ4v) is 5.95. The number of benzene rings is 2. The number of alkyl halides is 3. The summed E-state index contributed by atoms with van der Waals surface area (Å²) in [6.45, 7) is 2.37. The molecular weight excluding hydrogens is 517 g/mol. The number of carbonyl (C=O) groups excluding carboxylic acids is 2. The largest absolute Gasteiger partial charge is 0.493 e. The molecule has 1 saturated carbocycles. The normalized spacial score (nSPS) is 15.2. The summed E-state index contributed by atoms with van der Waals surface area (Å²) in [5, 5.41) is 1.06. The molecule has 0 aliphatic heterocycles. The Morgan fingerprint density at radius 2 is 1.76 bits per heavy atom. The maximum atomic E-state index is 12.3. The fraction of sp³-hybridized carbons (Fsp3) is 0.393. The van der Waals surface area contributed by atoms with Crippen LogP contribution in [0.25, 0.3) is 10.9 Å². The summed E-state index contributed by atoms with van der Waals surface area (Å²) in [5.41, 5.74) is 4.21. The zero-order valence-corrected chi connectivity index (χ0v) is 21.8. The highest BCUT2D eigenvalue weighted by atomic mass is 32.2. The summed E-state index contributed by atoms with van der Waals surface area (Å²) >= 11 is 1.59. The Balaban J connectivity index is 1.33. The minimum atomic E-state index is -5.16. The molecule has 0 spiro atoms. The molecule has 10 heteroatoms. The fourth-order valence-electron chi connectivity index (χ4n) is 4.76. The van der Waals surface area contributed by atoms with E-state index in [0.29, 0.717) is 12.4 Å². The molecule has 1 aromatic heterocycles. The molecule has 6 nitrogen and oxygen atoms in total. The van der Waals surface area contributed by atoms with Crippen LogP contribution in [0.5, 0.6) is 5.75 Å². The minimum absolute atomic E-state index is 0.00830. The van der Waals surface area contributed by atoms with Gasteiger partial charge in [-0.05, 0) is 61.6 Å². The van der Waals surface area contributed by atoms with Crippen molar-refractivity contribution in [1.29, 1.82) is 0 Å². The summed E-state index contributed by atoms with van der Waals surface area (Å²) in [6, 6.07) is 17.7. The number of hydrogen-bond acceptors (Lipinski definition) is 6. The standard InChI is InChI=1S/C28H29F3N2O4S/c1-19-15-20(23-7-3-4-8-24(23)32-19)17-36-21-9-11-22(12-10-21)38-18-27(13-5-2-6-14-27)16-25(34)33-37-26(35)28(29,30)31/h3-4,7-12,15H,2,5-6,13-14,16-18H2,1H3,(H,33,34). The molecule has 0 unspecified atom stereocenters. The van der Waals surface area contributed by atoms with Crippen molar-refractivity contribution in [3.63, 3.8) is 0 Å². The van der Waals surface area contributed by atoms with Gasteiger partial charge in [-0.2, -0.15) is 18.7 Å². The van der Waals surface area contributed by atoms with E-state index in [9.17, 15) is 22.8 Å². The number of aromatic nitrogens is 1. The predicted octanol–water partition coefficient (Wildman–Crippen LogP) is 6.69. The van der Waals surface area contributed by atoms with Crippen molar-refractivity contribution in [2.24, 2.45) is 5.41 Å². The minimum Gasteiger partial charge on any atom is -0.489 e. The molecule has 1 heterocycles. The number of pyridine rings is 1. The Kier molecular flexibility index (Phi) is 8.81. The number of para-hydroxylation sites is 1. The molecule has 0 bridgehead atoms. The summed E-state index contributed by atoms with van der Waals surface area (Å²) in [6.07, 6.45) is -0.686. The monoisotopic (exact) mass is 546 g/mol. The number of thioether (sulfide) groups is 1. The van der Waals surface area contributed by atoms with Crippen molar-refractivity contribution >= 4 is 34.5 Å². The van der Waals surface area contributed by atoms with Crippen LogP contribution >= 0.6 is 11.8 Å². The van der Waals surface area contributed by atoms with E-state index in [-0.39, 0.29) is 11.8 Å². The molecule has 1 fully saturated rings. The number of rotatable bonds is 8. The topological polar surface area (TPSA) is 77.5 Å². The highest BCUT2D eigenvalue weighted by Gasteiger charge is 2.42. The van der Waals surface area contributed by atoms with Crippen LogP contribution in [-0.4, -0.2) is 28.8 Å². The molecule has 1 amide bonds. The van der Waals surface area contributed by atoms with Crippen LogP contribution in [0.3, 0.4) is 0 Å². The lowest BCUT2D eigenvalue weighted by Gasteiger charge is -2.36. The van der Waals surface area contributed by atoms with Gasteiger partial charge in [-0.1, -0.05) is 37.5 Å². The summed E-state index contributed by atoms with van der Waals surface area (Å²) in [5.74, 6) is -1.82.